The van der Waals surface area contributed by atoms with Gasteiger partial charge in [-0.1, -0.05) is 0 Å². The van der Waals surface area contributed by atoms with Gasteiger partial charge < -0.3 is 0 Å². The van der Waals surface area contributed by atoms with Gasteiger partial charge >= 0.3 is 5.92 Å². The van der Waals surface area contributed by atoms with Crippen LogP contribution < -0.4 is 0 Å². The van der Waals surface area contributed by atoms with Gasteiger partial charge in [0.05, 0.1) is 0 Å². The lowest BCUT2D eigenvalue weighted by Gasteiger charge is -2.12. The highest BCUT2D eigenvalue weighted by atomic mass is 19.3. The summed E-state index contributed by atoms with van der Waals surface area (Å²) in [5.74, 6) is -5.24. The van der Waals surface area contributed by atoms with Gasteiger partial charge in [0.1, 0.15) is 0 Å². The van der Waals surface area contributed by atoms with Crippen LogP contribution >= 0.6 is 0 Å². The maximum atomic E-state index is 11.9. The van der Waals surface area contributed by atoms with Gasteiger partial charge in [-0.25, -0.2) is 4.39 Å². The zero-order valence-electron chi connectivity index (χ0n) is 5.12. The van der Waals surface area contributed by atoms with Crippen molar-refractivity contribution in [2.75, 3.05) is 0 Å². The van der Waals surface area contributed by atoms with E-state index in [0.717, 1.165) is 0 Å². The predicted molar refractivity (Wildman–Crippen MR) is 26.2 cm³/mol. The Hall–Kier alpha value is -0.540. The van der Waals surface area contributed by atoms with E-state index in [1.807, 2.05) is 0 Å². The Balaban J connectivity index is 4.19. The maximum absolute atomic E-state index is 11.9. The molecule has 0 aromatic heterocycles. The van der Waals surface area contributed by atoms with Crippen LogP contribution in [0.4, 0.5) is 13.2 Å². The predicted octanol–water partition coefficient (Wildman–Crippen LogP) is 1.57. The molecule has 0 fully saturated rings. The molecule has 0 amide bonds. The molecule has 0 radical (unpaired) electrons. The Morgan fingerprint density at radius 1 is 1.56 bits per heavy atom. The lowest BCUT2D eigenvalue weighted by Crippen LogP contribution is -2.35. The number of alkyl halides is 3. The standard InChI is InChI=1S/C5H7F3O/c1-3(6)5(7,8)4(2)9/h3H,1-2H3. The number of carbonyl (C=O) groups is 1. The molecule has 4 heteroatoms. The lowest BCUT2D eigenvalue weighted by molar-refractivity contribution is -0.149. The van der Waals surface area contributed by atoms with Crippen molar-refractivity contribution in [1.29, 1.82) is 0 Å². The van der Waals surface area contributed by atoms with E-state index >= 15 is 0 Å². The van der Waals surface area contributed by atoms with Crippen molar-refractivity contribution >= 4 is 5.78 Å². The summed E-state index contributed by atoms with van der Waals surface area (Å²) in [5, 5.41) is 0. The summed E-state index contributed by atoms with van der Waals surface area (Å²) in [7, 11) is 0. The van der Waals surface area contributed by atoms with Gasteiger partial charge in [0.15, 0.2) is 6.17 Å². The van der Waals surface area contributed by atoms with Crippen LogP contribution in [0.5, 0.6) is 0 Å². The molecule has 54 valence electrons. The normalized spacial score (nSPS) is 15.2. The molecular weight excluding hydrogens is 133 g/mol. The maximum Gasteiger partial charge on any atom is 0.335 e. The number of hydrogen-bond acceptors (Lipinski definition) is 1. The van der Waals surface area contributed by atoms with Gasteiger partial charge in [-0.15, -0.1) is 0 Å². The van der Waals surface area contributed by atoms with Crippen LogP contribution in [0.1, 0.15) is 13.8 Å². The molecule has 0 rings (SSSR count). The second-order valence-corrected chi connectivity index (χ2v) is 1.80. The number of Topliss-reactive ketones (excluding diaryl/α,β-unsaturated/α-hetero) is 1. The first-order valence-corrected chi connectivity index (χ1v) is 2.42. The van der Waals surface area contributed by atoms with E-state index in [1.165, 1.54) is 0 Å². The SMILES string of the molecule is CC(=O)C(F)(F)C(C)F. The van der Waals surface area contributed by atoms with E-state index in [9.17, 15) is 18.0 Å². The Morgan fingerprint density at radius 3 is 1.89 bits per heavy atom. The number of carbonyl (C=O) groups excluding carboxylic acids is 1. The molecule has 0 aromatic rings. The van der Waals surface area contributed by atoms with Crippen LogP contribution in [-0.2, 0) is 4.79 Å². The summed E-state index contributed by atoms with van der Waals surface area (Å²) in [6.07, 6.45) is -2.39. The van der Waals surface area contributed by atoms with Crippen LogP contribution in [-0.4, -0.2) is 17.9 Å². The van der Waals surface area contributed by atoms with E-state index in [2.05, 4.69) is 0 Å². The van der Waals surface area contributed by atoms with Crippen LogP contribution in [0.15, 0.2) is 0 Å². The number of hydrogen-bond donors (Lipinski definition) is 0. The first-order chi connectivity index (χ1) is 3.89. The van der Waals surface area contributed by atoms with Crippen molar-refractivity contribution in [2.24, 2.45) is 0 Å². The van der Waals surface area contributed by atoms with Crippen LogP contribution in [0.25, 0.3) is 0 Å². The molecule has 0 saturated heterocycles. The first kappa shape index (κ1) is 8.46. The summed E-state index contributed by atoms with van der Waals surface area (Å²) in [4.78, 5) is 9.92. The van der Waals surface area contributed by atoms with Crippen molar-refractivity contribution in [3.8, 4) is 0 Å². The molecule has 0 saturated carbocycles. The van der Waals surface area contributed by atoms with E-state index in [4.69, 9.17) is 0 Å². The molecule has 1 unspecified atom stereocenters. The topological polar surface area (TPSA) is 17.1 Å². The average Bonchev–Trinajstić information content (AvgIpc) is 1.65. The first-order valence-electron chi connectivity index (χ1n) is 2.42. The van der Waals surface area contributed by atoms with E-state index in [1.54, 1.807) is 0 Å². The summed E-state index contributed by atoms with van der Waals surface area (Å²) < 4.78 is 35.6. The van der Waals surface area contributed by atoms with Crippen molar-refractivity contribution in [3.05, 3.63) is 0 Å². The van der Waals surface area contributed by atoms with Gasteiger partial charge in [0.2, 0.25) is 5.78 Å². The molecule has 0 aliphatic rings. The third kappa shape index (κ3) is 1.69. The van der Waals surface area contributed by atoms with Gasteiger partial charge in [-0.2, -0.15) is 8.78 Å². The number of ketones is 1. The minimum absolute atomic E-state index is 0.654. The molecule has 1 nitrogen and oxygen atoms in total. The highest BCUT2D eigenvalue weighted by molar-refractivity contribution is 5.83. The lowest BCUT2D eigenvalue weighted by atomic mass is 10.2. The molecule has 0 aromatic carbocycles. The molecule has 0 N–H and O–H groups in total. The molecule has 0 bridgehead atoms. The zero-order valence-corrected chi connectivity index (χ0v) is 5.12. The van der Waals surface area contributed by atoms with Crippen LogP contribution in [0.3, 0.4) is 0 Å². The third-order valence-electron chi connectivity index (χ3n) is 0.969. The van der Waals surface area contributed by atoms with Crippen molar-refractivity contribution < 1.29 is 18.0 Å². The molecule has 0 spiro atoms. The summed E-state index contributed by atoms with van der Waals surface area (Å²) in [6, 6.07) is 0. The fourth-order valence-corrected chi connectivity index (χ4v) is 0.280. The Bertz CT molecular complexity index is 119. The number of rotatable bonds is 2. The molecule has 9 heavy (non-hydrogen) atoms. The highest BCUT2D eigenvalue weighted by Crippen LogP contribution is 2.21. The average molecular weight is 140 g/mol. The molecule has 0 aliphatic carbocycles. The summed E-state index contributed by atoms with van der Waals surface area (Å²) >= 11 is 0. The molecule has 1 atom stereocenters. The summed E-state index contributed by atoms with van der Waals surface area (Å²) in [6.45, 7) is 1.32. The number of halogens is 3. The van der Waals surface area contributed by atoms with Gasteiger partial charge in [0.25, 0.3) is 0 Å². The highest BCUT2D eigenvalue weighted by Gasteiger charge is 2.41. The fraction of sp³-hybridized carbons (Fsp3) is 0.800. The van der Waals surface area contributed by atoms with E-state index < -0.39 is 17.9 Å². The quantitative estimate of drug-likeness (QED) is 0.569. The molecule has 0 heterocycles. The van der Waals surface area contributed by atoms with Gasteiger partial charge in [0, 0.05) is 6.92 Å². The largest absolute Gasteiger partial charge is 0.335 e. The Kier molecular flexibility index (Phi) is 2.23. The van der Waals surface area contributed by atoms with Crippen LogP contribution in [0.2, 0.25) is 0 Å². The smallest absolute Gasteiger partial charge is 0.293 e. The van der Waals surface area contributed by atoms with Crippen molar-refractivity contribution in [3.63, 3.8) is 0 Å². The monoisotopic (exact) mass is 140 g/mol. The molecule has 0 aliphatic heterocycles. The van der Waals surface area contributed by atoms with Gasteiger partial charge in [-0.05, 0) is 6.92 Å². The fourth-order valence-electron chi connectivity index (χ4n) is 0.280. The van der Waals surface area contributed by atoms with Crippen LogP contribution in [0, 0.1) is 0 Å². The minimum Gasteiger partial charge on any atom is -0.293 e. The van der Waals surface area contributed by atoms with Gasteiger partial charge in [-0.3, -0.25) is 4.79 Å². The third-order valence-corrected chi connectivity index (χ3v) is 0.969. The Morgan fingerprint density at radius 2 is 1.89 bits per heavy atom. The van der Waals surface area contributed by atoms with E-state index in [0.29, 0.717) is 13.8 Å². The summed E-state index contributed by atoms with van der Waals surface area (Å²) in [5.41, 5.74) is 0. The molecular formula is C5H7F3O. The van der Waals surface area contributed by atoms with Crippen molar-refractivity contribution in [1.82, 2.24) is 0 Å². The Labute approximate surface area is 50.9 Å². The second kappa shape index (κ2) is 2.37. The van der Waals surface area contributed by atoms with Crippen molar-refractivity contribution in [2.45, 2.75) is 25.9 Å². The zero-order chi connectivity index (χ0) is 7.65. The minimum atomic E-state index is -3.81. The van der Waals surface area contributed by atoms with E-state index in [-0.39, 0.29) is 0 Å². The second-order valence-electron chi connectivity index (χ2n) is 1.80.